The lowest BCUT2D eigenvalue weighted by atomic mass is 9.74. The average molecular weight is 570 g/mol. The van der Waals surface area contributed by atoms with Gasteiger partial charge in [0.2, 0.25) is 17.7 Å². The Hall–Kier alpha value is -3.75. The van der Waals surface area contributed by atoms with E-state index < -0.39 is 40.7 Å². The number of amides is 3. The van der Waals surface area contributed by atoms with Crippen molar-refractivity contribution in [2.24, 2.45) is 11.8 Å². The van der Waals surface area contributed by atoms with Crippen molar-refractivity contribution < 1.29 is 24.2 Å². The van der Waals surface area contributed by atoms with E-state index in [0.717, 1.165) is 11.3 Å². The second-order valence-electron chi connectivity index (χ2n) is 13.0. The number of anilines is 1. The van der Waals surface area contributed by atoms with Crippen LogP contribution in [0.15, 0.2) is 85.0 Å². The third-order valence-electron chi connectivity index (χ3n) is 9.29. The normalized spacial score (nSPS) is 31.5. The minimum absolute atomic E-state index is 0.217. The van der Waals surface area contributed by atoms with Gasteiger partial charge in [0, 0.05) is 24.3 Å². The molecule has 2 saturated heterocycles. The lowest BCUT2D eigenvalue weighted by molar-refractivity contribution is -0.157. The predicted molar refractivity (Wildman–Crippen MR) is 159 cm³/mol. The van der Waals surface area contributed by atoms with E-state index in [1.54, 1.807) is 14.7 Å². The van der Waals surface area contributed by atoms with Crippen molar-refractivity contribution in [2.45, 2.75) is 62.9 Å². The molecule has 2 aromatic rings. The van der Waals surface area contributed by atoms with E-state index in [4.69, 9.17) is 4.74 Å². The molecule has 4 heterocycles. The molecule has 2 fully saturated rings. The number of aliphatic hydroxyl groups is 1. The van der Waals surface area contributed by atoms with Gasteiger partial charge in [-0.25, -0.2) is 0 Å². The number of hydrogen-bond acceptors (Lipinski definition) is 5. The van der Waals surface area contributed by atoms with Crippen LogP contribution in [-0.4, -0.2) is 81.1 Å². The molecule has 3 amide bonds. The summed E-state index contributed by atoms with van der Waals surface area (Å²) in [6, 6.07) is 17.3. The van der Waals surface area contributed by atoms with E-state index in [1.165, 1.54) is 0 Å². The van der Waals surface area contributed by atoms with Gasteiger partial charge in [-0.3, -0.25) is 14.4 Å². The summed E-state index contributed by atoms with van der Waals surface area (Å²) in [7, 11) is 0. The number of fused-ring (bicyclic) bond motifs is 2. The summed E-state index contributed by atoms with van der Waals surface area (Å²) in [4.78, 5) is 48.9. The van der Waals surface area contributed by atoms with Crippen LogP contribution in [0.5, 0.6) is 0 Å². The smallest absolute Gasteiger partial charge is 0.249 e. The minimum atomic E-state index is -1.38. The number of rotatable bonds is 5. The van der Waals surface area contributed by atoms with E-state index in [1.807, 2.05) is 113 Å². The van der Waals surface area contributed by atoms with Gasteiger partial charge in [0.25, 0.3) is 0 Å². The van der Waals surface area contributed by atoms with E-state index in [-0.39, 0.29) is 24.3 Å². The van der Waals surface area contributed by atoms with Crippen molar-refractivity contribution in [2.75, 3.05) is 24.6 Å². The fraction of sp³-hybridized carbons (Fsp3) is 0.441. The van der Waals surface area contributed by atoms with Crippen LogP contribution in [0.1, 0.15) is 33.3 Å². The third-order valence-corrected chi connectivity index (χ3v) is 9.29. The molecule has 4 aliphatic rings. The maximum Gasteiger partial charge on any atom is 0.249 e. The molecule has 8 heteroatoms. The van der Waals surface area contributed by atoms with Crippen molar-refractivity contribution in [1.29, 1.82) is 0 Å². The number of nitrogens with zero attached hydrogens (tertiary/aromatic N) is 3. The van der Waals surface area contributed by atoms with Crippen LogP contribution in [0.2, 0.25) is 0 Å². The van der Waals surface area contributed by atoms with E-state index in [0.29, 0.717) is 19.5 Å². The molecule has 1 N–H and O–H groups in total. The van der Waals surface area contributed by atoms with Gasteiger partial charge in [-0.05, 0) is 51.8 Å². The lowest BCUT2D eigenvalue weighted by Gasteiger charge is -2.43. The Balaban J connectivity index is 1.50. The first-order valence-corrected chi connectivity index (χ1v) is 14.7. The molecule has 220 valence electrons. The van der Waals surface area contributed by atoms with Crippen molar-refractivity contribution in [3.05, 3.63) is 90.5 Å². The second kappa shape index (κ2) is 10.2. The first kappa shape index (κ1) is 28.4. The Morgan fingerprint density at radius 3 is 2.17 bits per heavy atom. The number of hydrogen-bond donors (Lipinski definition) is 1. The quantitative estimate of drug-likeness (QED) is 0.558. The van der Waals surface area contributed by atoms with Crippen LogP contribution >= 0.6 is 0 Å². The molecule has 8 nitrogen and oxygen atoms in total. The molecule has 6 atom stereocenters. The molecule has 0 aliphatic carbocycles. The standard InChI is InChI=1S/C34H39N3O5/c1-32(2,3)36-20-12-18-34-27(26-29(39)35(24-15-9-6-10-16-24)19-11-17-33(26,4)42-34)30(40)37(28(34)31(36)41)25(22-38)21-23-13-7-5-8-14-23/h5-18,25-28,38H,19-22H2,1-4H3/t25-,26-,27+,28?,33+,34+/m1/s1. The highest BCUT2D eigenvalue weighted by Gasteiger charge is 2.75. The largest absolute Gasteiger partial charge is 0.394 e. The highest BCUT2D eigenvalue weighted by molar-refractivity contribution is 6.04. The zero-order valence-electron chi connectivity index (χ0n) is 24.6. The number of aliphatic hydroxyl groups excluding tert-OH is 1. The molecule has 0 bridgehead atoms. The molecular weight excluding hydrogens is 530 g/mol. The first-order chi connectivity index (χ1) is 20.0. The minimum Gasteiger partial charge on any atom is -0.394 e. The number of likely N-dealkylation sites (tertiary alicyclic amines) is 1. The van der Waals surface area contributed by atoms with Gasteiger partial charge >= 0.3 is 0 Å². The Labute approximate surface area is 247 Å². The molecule has 0 saturated carbocycles. The first-order valence-electron chi connectivity index (χ1n) is 14.7. The predicted octanol–water partition coefficient (Wildman–Crippen LogP) is 3.36. The zero-order chi connectivity index (χ0) is 29.9. The van der Waals surface area contributed by atoms with Gasteiger partial charge in [-0.2, -0.15) is 0 Å². The Morgan fingerprint density at radius 1 is 0.881 bits per heavy atom. The molecule has 42 heavy (non-hydrogen) atoms. The molecule has 2 aromatic carbocycles. The SMILES string of the molecule is CC(C)(C)N1CC=C[C@]23O[C@@]4(C)C=CCN(c5ccccc5)C(=O)[C@H]4[C@H]2C(=O)N([C@@H](CO)Cc2ccccc2)C3C1=O. The topological polar surface area (TPSA) is 90.4 Å². The van der Waals surface area contributed by atoms with Gasteiger partial charge < -0.3 is 24.5 Å². The molecule has 1 unspecified atom stereocenters. The van der Waals surface area contributed by atoms with Crippen LogP contribution in [0.3, 0.4) is 0 Å². The number of para-hydroxylation sites is 1. The van der Waals surface area contributed by atoms with Crippen molar-refractivity contribution in [1.82, 2.24) is 9.80 Å². The summed E-state index contributed by atoms with van der Waals surface area (Å²) < 4.78 is 6.95. The summed E-state index contributed by atoms with van der Waals surface area (Å²) in [5.41, 5.74) is -1.34. The maximum atomic E-state index is 14.8. The van der Waals surface area contributed by atoms with Crippen molar-refractivity contribution >= 4 is 23.4 Å². The number of carbonyl (C=O) groups excluding carboxylic acids is 3. The van der Waals surface area contributed by atoms with Crippen LogP contribution in [-0.2, 0) is 25.5 Å². The summed E-state index contributed by atoms with van der Waals surface area (Å²) in [5, 5.41) is 10.7. The summed E-state index contributed by atoms with van der Waals surface area (Å²) in [5.74, 6) is -2.61. The summed E-state index contributed by atoms with van der Waals surface area (Å²) in [6.07, 6.45) is 7.92. The van der Waals surface area contributed by atoms with Gasteiger partial charge in [-0.15, -0.1) is 0 Å². The third kappa shape index (κ3) is 4.31. The molecule has 4 aliphatic heterocycles. The van der Waals surface area contributed by atoms with E-state index >= 15 is 0 Å². The fourth-order valence-electron chi connectivity index (χ4n) is 7.43. The van der Waals surface area contributed by atoms with Gasteiger partial charge in [0.1, 0.15) is 11.6 Å². The monoisotopic (exact) mass is 569 g/mol. The van der Waals surface area contributed by atoms with Crippen LogP contribution in [0.4, 0.5) is 5.69 Å². The van der Waals surface area contributed by atoms with E-state index in [2.05, 4.69) is 0 Å². The van der Waals surface area contributed by atoms with Gasteiger partial charge in [0.05, 0.1) is 30.1 Å². The van der Waals surface area contributed by atoms with Crippen molar-refractivity contribution in [3.8, 4) is 0 Å². The van der Waals surface area contributed by atoms with Crippen LogP contribution in [0.25, 0.3) is 0 Å². The maximum absolute atomic E-state index is 14.8. The molecular formula is C34H39N3O5. The fourth-order valence-corrected chi connectivity index (χ4v) is 7.43. The average Bonchev–Trinajstić information content (AvgIpc) is 3.23. The number of ether oxygens (including phenoxy) is 1. The summed E-state index contributed by atoms with van der Waals surface area (Å²) in [6.45, 7) is 8.11. The number of carbonyl (C=O) groups is 3. The lowest BCUT2D eigenvalue weighted by Crippen LogP contribution is -2.61. The highest BCUT2D eigenvalue weighted by Crippen LogP contribution is 2.58. The van der Waals surface area contributed by atoms with E-state index in [9.17, 15) is 19.5 Å². The van der Waals surface area contributed by atoms with Gasteiger partial charge in [0.15, 0.2) is 0 Å². The molecule has 1 spiro atoms. The summed E-state index contributed by atoms with van der Waals surface area (Å²) >= 11 is 0. The van der Waals surface area contributed by atoms with Crippen LogP contribution < -0.4 is 4.90 Å². The van der Waals surface area contributed by atoms with Gasteiger partial charge in [-0.1, -0.05) is 72.8 Å². The van der Waals surface area contributed by atoms with Crippen molar-refractivity contribution in [3.63, 3.8) is 0 Å². The Bertz CT molecular complexity index is 1430. The Morgan fingerprint density at radius 2 is 1.52 bits per heavy atom. The molecule has 6 rings (SSSR count). The zero-order valence-corrected chi connectivity index (χ0v) is 24.6. The second-order valence-corrected chi connectivity index (χ2v) is 13.0. The highest BCUT2D eigenvalue weighted by atomic mass is 16.5. The van der Waals surface area contributed by atoms with Crippen LogP contribution in [0, 0.1) is 11.8 Å². The number of benzene rings is 2. The molecule has 0 aromatic heterocycles. The molecule has 0 radical (unpaired) electrons. The Kier molecular flexibility index (Phi) is 6.90.